The van der Waals surface area contributed by atoms with E-state index >= 15 is 0 Å². The van der Waals surface area contributed by atoms with Crippen molar-refractivity contribution in [2.24, 2.45) is 5.73 Å². The Morgan fingerprint density at radius 1 is 1.37 bits per heavy atom. The molecule has 0 fully saturated rings. The predicted octanol–water partition coefficient (Wildman–Crippen LogP) is -0.213. The molecule has 1 atom stereocenters. The van der Waals surface area contributed by atoms with Crippen molar-refractivity contribution in [3.63, 3.8) is 0 Å². The Bertz CT molecular complexity index is 502. The molecular weight excluding hydrogens is 250 g/mol. The van der Waals surface area contributed by atoms with Gasteiger partial charge in [-0.2, -0.15) is 0 Å². The highest BCUT2D eigenvalue weighted by molar-refractivity contribution is 5.93. The van der Waals surface area contributed by atoms with E-state index in [-0.39, 0.29) is 6.54 Å². The van der Waals surface area contributed by atoms with Gasteiger partial charge in [0.1, 0.15) is 6.04 Å². The van der Waals surface area contributed by atoms with Crippen LogP contribution >= 0.6 is 0 Å². The fourth-order valence-electron chi connectivity index (χ4n) is 1.45. The molecule has 7 heteroatoms. The Balaban J connectivity index is 2.68. The molecule has 5 N–H and O–H groups in total. The smallest absolute Gasteiger partial charge is 0.328 e. The van der Waals surface area contributed by atoms with E-state index in [4.69, 9.17) is 10.8 Å². The van der Waals surface area contributed by atoms with Crippen LogP contribution in [0.4, 0.5) is 5.69 Å². The topological polar surface area (TPSA) is 122 Å². The van der Waals surface area contributed by atoms with Gasteiger partial charge in [-0.1, -0.05) is 6.07 Å². The molecule has 2 amide bonds. The van der Waals surface area contributed by atoms with Crippen LogP contribution in [0.15, 0.2) is 24.3 Å². The summed E-state index contributed by atoms with van der Waals surface area (Å²) >= 11 is 0. The molecule has 1 aromatic rings. The number of benzene rings is 1. The van der Waals surface area contributed by atoms with Gasteiger partial charge in [0.2, 0.25) is 11.8 Å². The van der Waals surface area contributed by atoms with E-state index in [9.17, 15) is 14.4 Å². The number of anilines is 1. The summed E-state index contributed by atoms with van der Waals surface area (Å²) in [4.78, 5) is 32.7. The molecule has 1 aromatic carbocycles. The van der Waals surface area contributed by atoms with Crippen molar-refractivity contribution in [2.75, 3.05) is 11.9 Å². The van der Waals surface area contributed by atoms with Crippen LogP contribution in [0.3, 0.4) is 0 Å². The first kappa shape index (κ1) is 14.5. The summed E-state index contributed by atoms with van der Waals surface area (Å²) in [7, 11) is 0. The molecule has 7 nitrogen and oxygen atoms in total. The van der Waals surface area contributed by atoms with E-state index in [1.54, 1.807) is 18.2 Å². The van der Waals surface area contributed by atoms with Gasteiger partial charge in [-0.3, -0.25) is 9.59 Å². The van der Waals surface area contributed by atoms with Crippen molar-refractivity contribution in [1.82, 2.24) is 5.32 Å². The molecule has 0 saturated carbocycles. The maximum absolute atomic E-state index is 11.0. The SMILES string of the molecule is CC(=O)NC(CNc1cccc(C(N)=O)c1)C(=O)O. The van der Waals surface area contributed by atoms with E-state index in [0.29, 0.717) is 11.3 Å². The van der Waals surface area contributed by atoms with Crippen LogP contribution < -0.4 is 16.4 Å². The zero-order valence-electron chi connectivity index (χ0n) is 10.3. The molecule has 1 rings (SSSR count). The molecule has 0 aliphatic rings. The summed E-state index contributed by atoms with van der Waals surface area (Å²) in [6.07, 6.45) is 0. The minimum absolute atomic E-state index is 0.00285. The molecule has 0 radical (unpaired) electrons. The van der Waals surface area contributed by atoms with E-state index in [0.717, 1.165) is 0 Å². The van der Waals surface area contributed by atoms with Crippen molar-refractivity contribution in [3.05, 3.63) is 29.8 Å². The summed E-state index contributed by atoms with van der Waals surface area (Å²) in [6.45, 7) is 1.24. The number of nitrogens with two attached hydrogens (primary N) is 1. The minimum Gasteiger partial charge on any atom is -0.480 e. The predicted molar refractivity (Wildman–Crippen MR) is 68.7 cm³/mol. The largest absolute Gasteiger partial charge is 0.480 e. The van der Waals surface area contributed by atoms with Crippen LogP contribution in [-0.2, 0) is 9.59 Å². The standard InChI is InChI=1S/C12H15N3O4/c1-7(16)15-10(12(18)19)6-14-9-4-2-3-8(5-9)11(13)17/h2-5,10,14H,6H2,1H3,(H2,13,17)(H,15,16)(H,18,19). The first-order valence-electron chi connectivity index (χ1n) is 5.54. The number of rotatable bonds is 6. The second-order valence-corrected chi connectivity index (χ2v) is 3.92. The summed E-state index contributed by atoms with van der Waals surface area (Å²) in [5.41, 5.74) is 6.00. The first-order valence-corrected chi connectivity index (χ1v) is 5.54. The number of aliphatic carboxylic acids is 1. The number of primary amides is 1. The highest BCUT2D eigenvalue weighted by atomic mass is 16.4. The highest BCUT2D eigenvalue weighted by Crippen LogP contribution is 2.10. The van der Waals surface area contributed by atoms with Gasteiger partial charge in [0.05, 0.1) is 0 Å². The van der Waals surface area contributed by atoms with Gasteiger partial charge in [-0.25, -0.2) is 4.79 Å². The zero-order chi connectivity index (χ0) is 14.4. The maximum Gasteiger partial charge on any atom is 0.328 e. The number of carboxylic acid groups (broad SMARTS) is 1. The molecule has 0 aliphatic carbocycles. The number of hydrogen-bond donors (Lipinski definition) is 4. The second-order valence-electron chi connectivity index (χ2n) is 3.92. The number of carbonyl (C=O) groups excluding carboxylic acids is 2. The van der Waals surface area contributed by atoms with Crippen LogP contribution in [0.5, 0.6) is 0 Å². The Labute approximate surface area is 109 Å². The highest BCUT2D eigenvalue weighted by Gasteiger charge is 2.17. The Kier molecular flexibility index (Phi) is 4.87. The molecule has 0 bridgehead atoms. The van der Waals surface area contributed by atoms with Crippen LogP contribution in [0, 0.1) is 0 Å². The maximum atomic E-state index is 11.0. The molecule has 0 aromatic heterocycles. The average Bonchev–Trinajstić information content (AvgIpc) is 2.34. The van der Waals surface area contributed by atoms with E-state index < -0.39 is 23.8 Å². The van der Waals surface area contributed by atoms with Crippen LogP contribution in [0.1, 0.15) is 17.3 Å². The van der Waals surface area contributed by atoms with Gasteiger partial charge in [-0.05, 0) is 18.2 Å². The molecule has 0 heterocycles. The third-order valence-corrected chi connectivity index (χ3v) is 2.33. The fraction of sp³-hybridized carbons (Fsp3) is 0.250. The second kappa shape index (κ2) is 6.39. The van der Waals surface area contributed by atoms with Gasteiger partial charge in [0, 0.05) is 24.7 Å². The van der Waals surface area contributed by atoms with Gasteiger partial charge in [0.15, 0.2) is 0 Å². The summed E-state index contributed by atoms with van der Waals surface area (Å²) in [5.74, 6) is -2.14. The van der Waals surface area contributed by atoms with Gasteiger partial charge in [0.25, 0.3) is 0 Å². The van der Waals surface area contributed by atoms with Crippen LogP contribution in [-0.4, -0.2) is 35.5 Å². The molecule has 0 aliphatic heterocycles. The number of hydrogen-bond acceptors (Lipinski definition) is 4. The zero-order valence-corrected chi connectivity index (χ0v) is 10.3. The minimum atomic E-state index is -1.14. The number of carbonyl (C=O) groups is 3. The third-order valence-electron chi connectivity index (χ3n) is 2.33. The quantitative estimate of drug-likeness (QED) is 0.567. The summed E-state index contributed by atoms with van der Waals surface area (Å²) < 4.78 is 0. The Morgan fingerprint density at radius 3 is 2.58 bits per heavy atom. The van der Waals surface area contributed by atoms with E-state index in [1.807, 2.05) is 0 Å². The van der Waals surface area contributed by atoms with Crippen LogP contribution in [0.2, 0.25) is 0 Å². The molecular formula is C12H15N3O4. The number of carboxylic acids is 1. The molecule has 0 spiro atoms. The van der Waals surface area contributed by atoms with Crippen molar-refractivity contribution in [3.8, 4) is 0 Å². The molecule has 19 heavy (non-hydrogen) atoms. The van der Waals surface area contributed by atoms with Gasteiger partial charge in [-0.15, -0.1) is 0 Å². The lowest BCUT2D eigenvalue weighted by Gasteiger charge is -2.15. The van der Waals surface area contributed by atoms with Crippen molar-refractivity contribution < 1.29 is 19.5 Å². The van der Waals surface area contributed by atoms with E-state index in [1.165, 1.54) is 13.0 Å². The number of nitrogens with one attached hydrogen (secondary N) is 2. The van der Waals surface area contributed by atoms with Crippen LogP contribution in [0.25, 0.3) is 0 Å². The molecule has 0 saturated heterocycles. The monoisotopic (exact) mass is 265 g/mol. The average molecular weight is 265 g/mol. The first-order chi connectivity index (χ1) is 8.90. The lowest BCUT2D eigenvalue weighted by Crippen LogP contribution is -2.44. The van der Waals surface area contributed by atoms with Crippen molar-refractivity contribution in [1.29, 1.82) is 0 Å². The Hall–Kier alpha value is -2.57. The van der Waals surface area contributed by atoms with Gasteiger partial charge >= 0.3 is 5.97 Å². The number of amides is 2. The molecule has 1 unspecified atom stereocenters. The van der Waals surface area contributed by atoms with Gasteiger partial charge < -0.3 is 21.5 Å². The normalized spacial score (nSPS) is 11.4. The summed E-state index contributed by atoms with van der Waals surface area (Å²) in [6, 6.07) is 5.30. The molecule has 102 valence electrons. The van der Waals surface area contributed by atoms with Crippen molar-refractivity contribution >= 4 is 23.5 Å². The fourth-order valence-corrected chi connectivity index (χ4v) is 1.45. The van der Waals surface area contributed by atoms with Crippen molar-refractivity contribution in [2.45, 2.75) is 13.0 Å². The summed E-state index contributed by atoms with van der Waals surface area (Å²) in [5, 5.41) is 14.0. The third kappa shape index (κ3) is 4.66. The lowest BCUT2D eigenvalue weighted by atomic mass is 10.2. The lowest BCUT2D eigenvalue weighted by molar-refractivity contribution is -0.141. The Morgan fingerprint density at radius 2 is 2.05 bits per heavy atom. The van der Waals surface area contributed by atoms with E-state index in [2.05, 4.69) is 10.6 Å².